The van der Waals surface area contributed by atoms with Crippen LogP contribution in [0.2, 0.25) is 0 Å². The Morgan fingerprint density at radius 1 is 1.07 bits per heavy atom. The fourth-order valence-electron chi connectivity index (χ4n) is 7.58. The monoisotopic (exact) mass is 390 g/mol. The summed E-state index contributed by atoms with van der Waals surface area (Å²) in [5.74, 6) is 1.66. The van der Waals surface area contributed by atoms with Gasteiger partial charge in [0.05, 0.1) is 0 Å². The van der Waals surface area contributed by atoms with Gasteiger partial charge in [0.2, 0.25) is 0 Å². The van der Waals surface area contributed by atoms with E-state index in [1.807, 2.05) is 6.08 Å². The predicted octanol–water partition coefficient (Wildman–Crippen LogP) is 4.05. The Morgan fingerprint density at radius 2 is 1.82 bits per heavy atom. The van der Waals surface area contributed by atoms with Crippen molar-refractivity contribution in [1.29, 1.82) is 0 Å². The number of fused-ring (bicyclic) bond motifs is 5. The lowest BCUT2D eigenvalue weighted by Crippen LogP contribution is -2.57. The van der Waals surface area contributed by atoms with Gasteiger partial charge in [-0.05, 0) is 68.8 Å². The van der Waals surface area contributed by atoms with Gasteiger partial charge in [0, 0.05) is 38.4 Å². The van der Waals surface area contributed by atoms with Crippen molar-refractivity contribution in [3.63, 3.8) is 0 Å². The molecule has 0 heterocycles. The van der Waals surface area contributed by atoms with Gasteiger partial charge in [-0.25, -0.2) is 0 Å². The van der Waals surface area contributed by atoms with Crippen LogP contribution < -0.4 is 0 Å². The first-order chi connectivity index (χ1) is 13.4. The molecule has 0 saturated heterocycles. The maximum atomic E-state index is 12.2. The summed E-state index contributed by atoms with van der Waals surface area (Å²) in [6.07, 6.45) is 9.30. The van der Waals surface area contributed by atoms with Crippen LogP contribution in [0.3, 0.4) is 0 Å². The molecule has 4 aliphatic carbocycles. The number of carbonyl (C=O) groups excluding carboxylic acids is 2. The molecule has 0 spiro atoms. The quantitative estimate of drug-likeness (QED) is 0.535. The lowest BCUT2D eigenvalue weighted by Gasteiger charge is -2.60. The first-order valence-corrected chi connectivity index (χ1v) is 10.8. The highest BCUT2D eigenvalue weighted by Gasteiger charge is 2.63. The lowest BCUT2D eigenvalue weighted by atomic mass is 9.46. The van der Waals surface area contributed by atoms with E-state index in [4.69, 9.17) is 14.2 Å². The predicted molar refractivity (Wildman–Crippen MR) is 104 cm³/mol. The van der Waals surface area contributed by atoms with Crippen LogP contribution >= 0.6 is 0 Å². The van der Waals surface area contributed by atoms with E-state index >= 15 is 0 Å². The van der Waals surface area contributed by atoms with Crippen molar-refractivity contribution in [2.24, 2.45) is 28.6 Å². The lowest BCUT2D eigenvalue weighted by molar-refractivity contribution is -0.215. The van der Waals surface area contributed by atoms with E-state index in [1.54, 1.807) is 14.2 Å². The van der Waals surface area contributed by atoms with Crippen LogP contribution in [-0.4, -0.2) is 38.4 Å². The van der Waals surface area contributed by atoms with E-state index in [2.05, 4.69) is 6.92 Å². The highest BCUT2D eigenvalue weighted by molar-refractivity contribution is 5.91. The van der Waals surface area contributed by atoms with Gasteiger partial charge in [-0.3, -0.25) is 9.59 Å². The third kappa shape index (κ3) is 2.80. The van der Waals surface area contributed by atoms with Gasteiger partial charge in [0.25, 0.3) is 0 Å². The van der Waals surface area contributed by atoms with Crippen molar-refractivity contribution in [2.45, 2.75) is 77.6 Å². The molecule has 0 aromatic rings. The van der Waals surface area contributed by atoms with Gasteiger partial charge in [0.15, 0.2) is 12.1 Å². The van der Waals surface area contributed by atoms with Crippen molar-refractivity contribution in [3.05, 3.63) is 11.6 Å². The van der Waals surface area contributed by atoms with Crippen LogP contribution in [0.1, 0.15) is 65.2 Å². The van der Waals surface area contributed by atoms with Crippen LogP contribution in [0.25, 0.3) is 0 Å². The summed E-state index contributed by atoms with van der Waals surface area (Å²) in [5, 5.41) is 0. The van der Waals surface area contributed by atoms with Crippen LogP contribution in [0, 0.1) is 28.6 Å². The summed E-state index contributed by atoms with van der Waals surface area (Å²) in [5.41, 5.74) is 1.12. The number of hydrogen-bond donors (Lipinski definition) is 0. The molecule has 0 aliphatic heterocycles. The molecular weight excluding hydrogens is 356 g/mol. The van der Waals surface area contributed by atoms with E-state index in [0.29, 0.717) is 24.2 Å². The van der Waals surface area contributed by atoms with Crippen LogP contribution in [0.4, 0.5) is 0 Å². The molecule has 6 atom stereocenters. The van der Waals surface area contributed by atoms with Crippen molar-refractivity contribution >= 4 is 11.8 Å². The molecule has 0 N–H and O–H groups in total. The Kier molecular flexibility index (Phi) is 5.20. The minimum absolute atomic E-state index is 0.0393. The highest BCUT2D eigenvalue weighted by Crippen LogP contribution is 2.66. The molecule has 5 nitrogen and oxygen atoms in total. The van der Waals surface area contributed by atoms with Gasteiger partial charge in [0.1, 0.15) is 6.10 Å². The van der Waals surface area contributed by atoms with Gasteiger partial charge in [-0.15, -0.1) is 0 Å². The normalized spacial score (nSPS) is 42.5. The number of hydrogen-bond acceptors (Lipinski definition) is 5. The number of esters is 1. The molecule has 3 fully saturated rings. The first-order valence-electron chi connectivity index (χ1n) is 10.8. The van der Waals surface area contributed by atoms with E-state index in [-0.39, 0.29) is 35.0 Å². The van der Waals surface area contributed by atoms with Crippen LogP contribution in [0.15, 0.2) is 11.6 Å². The maximum Gasteiger partial charge on any atom is 0.302 e. The van der Waals surface area contributed by atoms with Gasteiger partial charge >= 0.3 is 5.97 Å². The molecule has 5 heteroatoms. The molecule has 0 aromatic heterocycles. The van der Waals surface area contributed by atoms with Crippen molar-refractivity contribution in [2.75, 3.05) is 14.2 Å². The fraction of sp³-hybridized carbons (Fsp3) is 0.826. The Bertz CT molecular complexity index is 680. The highest BCUT2D eigenvalue weighted by atomic mass is 16.7. The summed E-state index contributed by atoms with van der Waals surface area (Å²) in [6.45, 7) is 3.86. The zero-order valence-corrected chi connectivity index (χ0v) is 17.7. The molecule has 3 saturated carbocycles. The number of ketones is 1. The Hall–Kier alpha value is -1.20. The second-order valence-electron chi connectivity index (χ2n) is 9.62. The average Bonchev–Trinajstić information content (AvgIpc) is 2.98. The van der Waals surface area contributed by atoms with E-state index < -0.39 is 0 Å². The SMILES string of the molecule is COC(OC)[C@]12CCC(=O)C=C1CC[C@@H]1[C@H]3CC[C@@H](OC(C)=O)[C@@]3(C)CC[C@H]12. The number of ether oxygens (including phenoxy) is 3. The third-order valence-corrected chi connectivity index (χ3v) is 8.63. The molecule has 0 aromatic carbocycles. The number of methoxy groups -OCH3 is 2. The Labute approximate surface area is 168 Å². The minimum atomic E-state index is -0.310. The summed E-state index contributed by atoms with van der Waals surface area (Å²) >= 11 is 0. The zero-order chi connectivity index (χ0) is 20.1. The second-order valence-corrected chi connectivity index (χ2v) is 9.62. The third-order valence-electron chi connectivity index (χ3n) is 8.63. The van der Waals surface area contributed by atoms with Crippen LogP contribution in [0.5, 0.6) is 0 Å². The van der Waals surface area contributed by atoms with Crippen molar-refractivity contribution in [3.8, 4) is 0 Å². The minimum Gasteiger partial charge on any atom is -0.462 e. The molecule has 28 heavy (non-hydrogen) atoms. The van der Waals surface area contributed by atoms with E-state index in [9.17, 15) is 9.59 Å². The number of rotatable bonds is 4. The summed E-state index contributed by atoms with van der Waals surface area (Å²) in [6, 6.07) is 0. The molecule has 4 rings (SSSR count). The molecule has 156 valence electrons. The second kappa shape index (κ2) is 7.24. The Morgan fingerprint density at radius 3 is 2.50 bits per heavy atom. The smallest absolute Gasteiger partial charge is 0.302 e. The maximum absolute atomic E-state index is 12.2. The van der Waals surface area contributed by atoms with Crippen molar-refractivity contribution in [1.82, 2.24) is 0 Å². The topological polar surface area (TPSA) is 61.8 Å². The van der Waals surface area contributed by atoms with E-state index in [0.717, 1.165) is 44.9 Å². The average molecular weight is 391 g/mol. The molecule has 0 amide bonds. The van der Waals surface area contributed by atoms with Gasteiger partial charge in [-0.1, -0.05) is 12.5 Å². The van der Waals surface area contributed by atoms with Gasteiger partial charge < -0.3 is 14.2 Å². The zero-order valence-electron chi connectivity index (χ0n) is 17.7. The van der Waals surface area contributed by atoms with Gasteiger partial charge in [-0.2, -0.15) is 0 Å². The molecular formula is C23H34O5. The summed E-state index contributed by atoms with van der Waals surface area (Å²) < 4.78 is 17.5. The summed E-state index contributed by atoms with van der Waals surface area (Å²) in [7, 11) is 3.44. The molecule has 0 radical (unpaired) electrons. The fourth-order valence-corrected chi connectivity index (χ4v) is 7.58. The standard InChI is InChI=1S/C23H34O5/c1-14(24)28-20-8-7-18-17-6-5-15-13-16(25)9-12-23(15,21(26-3)27-4)19(17)10-11-22(18,20)2/h13,17-21H,5-12H2,1-4H3/t17-,18-,19-,20-,22+,23-/m1/s1. The van der Waals surface area contributed by atoms with E-state index in [1.165, 1.54) is 12.5 Å². The van der Waals surface area contributed by atoms with Crippen molar-refractivity contribution < 1.29 is 23.8 Å². The first kappa shape index (κ1) is 20.1. The Balaban J connectivity index is 1.70. The molecule has 4 aliphatic rings. The molecule has 0 unspecified atom stereocenters. The number of carbonyl (C=O) groups is 2. The van der Waals surface area contributed by atoms with Crippen LogP contribution in [-0.2, 0) is 23.8 Å². The molecule has 0 bridgehead atoms. The largest absolute Gasteiger partial charge is 0.462 e. The summed E-state index contributed by atoms with van der Waals surface area (Å²) in [4.78, 5) is 23.8.